The van der Waals surface area contributed by atoms with Crippen molar-refractivity contribution < 1.29 is 14.3 Å². The largest absolute Gasteiger partial charge is 0.497 e. The van der Waals surface area contributed by atoms with E-state index in [0.29, 0.717) is 13.1 Å². The van der Waals surface area contributed by atoms with Crippen LogP contribution in [0.3, 0.4) is 0 Å². The zero-order valence-electron chi connectivity index (χ0n) is 15.3. The van der Waals surface area contributed by atoms with Crippen LogP contribution in [0.25, 0.3) is 10.8 Å². The molecular weight excluding hydrogens is 316 g/mol. The standard InChI is InChI=1S/C20H26N2O3/c1-20(2,3)25-19(23)22-10-9-21-18(13-22)16-6-5-15-12-17(24-4)8-7-14(15)11-16/h5-8,11-12,18,21H,9-10,13H2,1-4H3. The third-order valence-electron chi connectivity index (χ3n) is 4.30. The maximum absolute atomic E-state index is 12.3. The molecule has 1 aliphatic heterocycles. The average Bonchev–Trinajstić information content (AvgIpc) is 2.59. The average molecular weight is 342 g/mol. The normalized spacial score (nSPS) is 18.2. The van der Waals surface area contributed by atoms with Crippen molar-refractivity contribution in [3.63, 3.8) is 0 Å². The summed E-state index contributed by atoms with van der Waals surface area (Å²) in [5, 5.41) is 5.80. The van der Waals surface area contributed by atoms with Crippen LogP contribution >= 0.6 is 0 Å². The van der Waals surface area contributed by atoms with Crippen molar-refractivity contribution in [2.45, 2.75) is 32.4 Å². The molecule has 2 aromatic rings. The molecule has 134 valence electrons. The van der Waals surface area contributed by atoms with E-state index in [1.165, 1.54) is 5.56 Å². The number of amides is 1. The molecule has 5 nitrogen and oxygen atoms in total. The Morgan fingerprint density at radius 1 is 1.16 bits per heavy atom. The molecule has 2 aromatic carbocycles. The van der Waals surface area contributed by atoms with Gasteiger partial charge in [0.1, 0.15) is 11.4 Å². The van der Waals surface area contributed by atoms with E-state index >= 15 is 0 Å². The molecule has 1 fully saturated rings. The minimum absolute atomic E-state index is 0.104. The molecule has 0 spiro atoms. The van der Waals surface area contributed by atoms with Crippen LogP contribution in [-0.2, 0) is 4.74 Å². The van der Waals surface area contributed by atoms with Gasteiger partial charge in [-0.1, -0.05) is 18.2 Å². The highest BCUT2D eigenvalue weighted by atomic mass is 16.6. The van der Waals surface area contributed by atoms with Gasteiger partial charge in [-0.15, -0.1) is 0 Å². The van der Waals surface area contributed by atoms with Crippen LogP contribution in [0.2, 0.25) is 0 Å². The fourth-order valence-electron chi connectivity index (χ4n) is 3.05. The second-order valence-electron chi connectivity index (χ2n) is 7.41. The van der Waals surface area contributed by atoms with Crippen molar-refractivity contribution in [2.75, 3.05) is 26.7 Å². The van der Waals surface area contributed by atoms with Gasteiger partial charge in [0.2, 0.25) is 0 Å². The van der Waals surface area contributed by atoms with Crippen LogP contribution in [0.4, 0.5) is 4.79 Å². The Labute approximate surface area is 148 Å². The fraction of sp³-hybridized carbons (Fsp3) is 0.450. The second kappa shape index (κ2) is 6.92. The Bertz CT molecular complexity index is 767. The van der Waals surface area contributed by atoms with E-state index in [4.69, 9.17) is 9.47 Å². The predicted molar refractivity (Wildman–Crippen MR) is 99.1 cm³/mol. The van der Waals surface area contributed by atoms with E-state index in [1.54, 1.807) is 12.0 Å². The Kier molecular flexibility index (Phi) is 4.86. The van der Waals surface area contributed by atoms with Crippen LogP contribution in [0, 0.1) is 0 Å². The molecule has 5 heteroatoms. The summed E-state index contributed by atoms with van der Waals surface area (Å²) in [5.74, 6) is 0.854. The van der Waals surface area contributed by atoms with E-state index in [1.807, 2.05) is 32.9 Å². The number of nitrogens with zero attached hydrogens (tertiary/aromatic N) is 1. The van der Waals surface area contributed by atoms with Gasteiger partial charge in [0.25, 0.3) is 0 Å². The molecule has 1 unspecified atom stereocenters. The maximum atomic E-state index is 12.3. The van der Waals surface area contributed by atoms with Gasteiger partial charge in [0.15, 0.2) is 0 Å². The summed E-state index contributed by atoms with van der Waals surface area (Å²) in [6, 6.07) is 12.5. The number of ether oxygens (including phenoxy) is 2. The number of methoxy groups -OCH3 is 1. The molecule has 1 atom stereocenters. The third-order valence-corrected chi connectivity index (χ3v) is 4.30. The molecule has 0 radical (unpaired) electrons. The van der Waals surface area contributed by atoms with Crippen molar-refractivity contribution in [3.05, 3.63) is 42.0 Å². The van der Waals surface area contributed by atoms with E-state index in [9.17, 15) is 4.79 Å². The number of carbonyl (C=O) groups is 1. The summed E-state index contributed by atoms with van der Waals surface area (Å²) in [4.78, 5) is 14.1. The molecule has 3 rings (SSSR count). The number of benzene rings is 2. The highest BCUT2D eigenvalue weighted by Gasteiger charge is 2.28. The molecule has 1 saturated heterocycles. The molecule has 0 saturated carbocycles. The van der Waals surface area contributed by atoms with Crippen LogP contribution in [0.1, 0.15) is 32.4 Å². The van der Waals surface area contributed by atoms with Gasteiger partial charge in [0, 0.05) is 19.6 Å². The first-order chi connectivity index (χ1) is 11.9. The number of carbonyl (C=O) groups excluding carboxylic acids is 1. The first kappa shape index (κ1) is 17.5. The Balaban J connectivity index is 1.77. The lowest BCUT2D eigenvalue weighted by Crippen LogP contribution is -2.49. The van der Waals surface area contributed by atoms with Crippen LogP contribution in [0.5, 0.6) is 5.75 Å². The van der Waals surface area contributed by atoms with E-state index in [0.717, 1.165) is 23.1 Å². The zero-order chi connectivity index (χ0) is 18.0. The molecule has 0 aliphatic carbocycles. The summed E-state index contributed by atoms with van der Waals surface area (Å²) in [6.07, 6.45) is -0.246. The van der Waals surface area contributed by atoms with Crippen molar-refractivity contribution in [2.24, 2.45) is 0 Å². The van der Waals surface area contributed by atoms with Gasteiger partial charge < -0.3 is 19.7 Å². The summed E-state index contributed by atoms with van der Waals surface area (Å²) < 4.78 is 10.8. The maximum Gasteiger partial charge on any atom is 0.410 e. The van der Waals surface area contributed by atoms with Gasteiger partial charge in [-0.25, -0.2) is 4.79 Å². The quantitative estimate of drug-likeness (QED) is 0.903. The minimum Gasteiger partial charge on any atom is -0.497 e. The smallest absolute Gasteiger partial charge is 0.410 e. The van der Waals surface area contributed by atoms with Crippen molar-refractivity contribution in [1.82, 2.24) is 10.2 Å². The van der Waals surface area contributed by atoms with Gasteiger partial charge in [-0.05, 0) is 55.3 Å². The lowest BCUT2D eigenvalue weighted by atomic mass is 10.00. The summed E-state index contributed by atoms with van der Waals surface area (Å²) in [5.41, 5.74) is 0.699. The first-order valence-corrected chi connectivity index (χ1v) is 8.65. The Morgan fingerprint density at radius 3 is 2.60 bits per heavy atom. The SMILES string of the molecule is COc1ccc2cc(C3CN(C(=O)OC(C)(C)C)CCN3)ccc2c1. The van der Waals surface area contributed by atoms with Crippen LogP contribution < -0.4 is 10.1 Å². The Morgan fingerprint density at radius 2 is 1.88 bits per heavy atom. The summed E-state index contributed by atoms with van der Waals surface area (Å²) in [7, 11) is 1.67. The molecule has 25 heavy (non-hydrogen) atoms. The minimum atomic E-state index is -0.473. The number of hydrogen-bond acceptors (Lipinski definition) is 4. The third kappa shape index (κ3) is 4.23. The lowest BCUT2D eigenvalue weighted by molar-refractivity contribution is 0.0195. The predicted octanol–water partition coefficient (Wildman–Crippen LogP) is 3.73. The summed E-state index contributed by atoms with van der Waals surface area (Å²) >= 11 is 0. The molecule has 0 bridgehead atoms. The zero-order valence-corrected chi connectivity index (χ0v) is 15.3. The van der Waals surface area contributed by atoms with E-state index < -0.39 is 5.60 Å². The van der Waals surface area contributed by atoms with Gasteiger partial charge >= 0.3 is 6.09 Å². The Hall–Kier alpha value is -2.27. The monoisotopic (exact) mass is 342 g/mol. The number of rotatable bonds is 2. The topological polar surface area (TPSA) is 50.8 Å². The molecular formula is C20H26N2O3. The van der Waals surface area contributed by atoms with E-state index in [-0.39, 0.29) is 12.1 Å². The number of piperazine rings is 1. The van der Waals surface area contributed by atoms with Crippen molar-refractivity contribution in [1.29, 1.82) is 0 Å². The highest BCUT2D eigenvalue weighted by Crippen LogP contribution is 2.26. The molecule has 0 aromatic heterocycles. The molecule has 1 N–H and O–H groups in total. The number of fused-ring (bicyclic) bond motifs is 1. The van der Waals surface area contributed by atoms with Crippen LogP contribution in [0.15, 0.2) is 36.4 Å². The van der Waals surface area contributed by atoms with Crippen molar-refractivity contribution >= 4 is 16.9 Å². The molecule has 1 aliphatic rings. The lowest BCUT2D eigenvalue weighted by Gasteiger charge is -2.35. The molecule has 1 amide bonds. The molecule has 1 heterocycles. The van der Waals surface area contributed by atoms with Crippen molar-refractivity contribution in [3.8, 4) is 5.75 Å². The van der Waals surface area contributed by atoms with Gasteiger partial charge in [-0.2, -0.15) is 0 Å². The van der Waals surface area contributed by atoms with Gasteiger partial charge in [-0.3, -0.25) is 0 Å². The first-order valence-electron chi connectivity index (χ1n) is 8.65. The van der Waals surface area contributed by atoms with Crippen LogP contribution in [-0.4, -0.2) is 43.3 Å². The number of nitrogens with one attached hydrogen (secondary N) is 1. The van der Waals surface area contributed by atoms with E-state index in [2.05, 4.69) is 29.6 Å². The highest BCUT2D eigenvalue weighted by molar-refractivity contribution is 5.84. The summed E-state index contributed by atoms with van der Waals surface area (Å²) in [6.45, 7) is 7.70. The second-order valence-corrected chi connectivity index (χ2v) is 7.41. The number of hydrogen-bond donors (Lipinski definition) is 1. The fourth-order valence-corrected chi connectivity index (χ4v) is 3.05. The van der Waals surface area contributed by atoms with Gasteiger partial charge in [0.05, 0.1) is 13.2 Å².